The molecule has 0 aliphatic carbocycles. The average molecular weight is 328 g/mol. The number of nitrogens with one attached hydrogen (secondary N) is 1. The van der Waals surface area contributed by atoms with Gasteiger partial charge in [-0.15, -0.1) is 0 Å². The van der Waals surface area contributed by atoms with Gasteiger partial charge >= 0.3 is 0 Å². The van der Waals surface area contributed by atoms with Gasteiger partial charge in [0.15, 0.2) is 0 Å². The number of nitrogens with zero attached hydrogens (tertiary/aromatic N) is 1. The van der Waals surface area contributed by atoms with Crippen LogP contribution in [0.4, 0.5) is 0 Å². The summed E-state index contributed by atoms with van der Waals surface area (Å²) in [5, 5.41) is 2.79. The first-order valence-corrected chi connectivity index (χ1v) is 9.22. The number of carbonyl (C=O) groups excluding carboxylic acids is 1. The number of amides is 1. The Morgan fingerprint density at radius 3 is 2.91 bits per heavy atom. The molecule has 1 aromatic rings. The van der Waals surface area contributed by atoms with E-state index in [9.17, 15) is 13.2 Å². The van der Waals surface area contributed by atoms with Gasteiger partial charge in [-0.05, 0) is 31.4 Å². The third kappa shape index (κ3) is 3.18. The molecule has 2 aliphatic rings. The second-order valence-corrected chi connectivity index (χ2v) is 7.70. The lowest BCUT2D eigenvalue weighted by Gasteiger charge is -2.34. The van der Waals surface area contributed by atoms with E-state index in [1.54, 1.807) is 18.4 Å². The molecule has 3 rings (SSSR count). The van der Waals surface area contributed by atoms with Crippen LogP contribution in [-0.4, -0.2) is 49.7 Å². The van der Waals surface area contributed by atoms with Crippen molar-refractivity contribution in [3.05, 3.63) is 24.2 Å². The van der Waals surface area contributed by atoms with Crippen LogP contribution in [0.25, 0.3) is 0 Å². The smallest absolute Gasteiger partial charge is 0.249 e. The van der Waals surface area contributed by atoms with E-state index >= 15 is 0 Å². The molecule has 8 heteroatoms. The van der Waals surface area contributed by atoms with Crippen LogP contribution in [0.5, 0.6) is 0 Å². The maximum absolute atomic E-state index is 12.2. The lowest BCUT2D eigenvalue weighted by atomic mass is 9.99. The highest BCUT2D eigenvalue weighted by molar-refractivity contribution is 7.88. The summed E-state index contributed by atoms with van der Waals surface area (Å²) < 4.78 is 35.9. The van der Waals surface area contributed by atoms with E-state index in [0.717, 1.165) is 0 Å². The topological polar surface area (TPSA) is 88.8 Å². The van der Waals surface area contributed by atoms with Crippen LogP contribution in [0.15, 0.2) is 22.8 Å². The zero-order valence-corrected chi connectivity index (χ0v) is 13.2. The maximum Gasteiger partial charge on any atom is 0.249 e. The Hall–Kier alpha value is -1.38. The summed E-state index contributed by atoms with van der Waals surface area (Å²) in [6.07, 6.45) is 3.88. The van der Waals surface area contributed by atoms with Crippen LogP contribution in [0, 0.1) is 0 Å². The third-order valence-electron chi connectivity index (χ3n) is 4.23. The Labute approximate surface area is 129 Å². The molecule has 3 heterocycles. The molecule has 2 saturated heterocycles. The molecular weight excluding hydrogens is 308 g/mol. The zero-order valence-electron chi connectivity index (χ0n) is 12.4. The largest absolute Gasteiger partial charge is 0.467 e. The molecule has 1 aromatic heterocycles. The van der Waals surface area contributed by atoms with Crippen molar-refractivity contribution in [2.24, 2.45) is 0 Å². The molecule has 0 spiro atoms. The predicted octanol–water partition coefficient (Wildman–Crippen LogP) is 0.477. The molecule has 7 nitrogen and oxygen atoms in total. The molecule has 2 aliphatic heterocycles. The third-order valence-corrected chi connectivity index (χ3v) is 5.54. The van der Waals surface area contributed by atoms with Gasteiger partial charge in [0.25, 0.3) is 0 Å². The highest BCUT2D eigenvalue weighted by Gasteiger charge is 2.44. The second-order valence-electron chi connectivity index (χ2n) is 5.77. The lowest BCUT2D eigenvalue weighted by molar-refractivity contribution is -0.143. The van der Waals surface area contributed by atoms with Crippen molar-refractivity contribution < 1.29 is 22.4 Å². The first kappa shape index (κ1) is 15.5. The van der Waals surface area contributed by atoms with Crippen LogP contribution in [0.3, 0.4) is 0 Å². The van der Waals surface area contributed by atoms with Gasteiger partial charge in [-0.3, -0.25) is 4.79 Å². The quantitative estimate of drug-likeness (QED) is 0.868. The van der Waals surface area contributed by atoms with E-state index < -0.39 is 16.1 Å². The molecular formula is C14H20N2O5S. The molecule has 0 saturated carbocycles. The van der Waals surface area contributed by atoms with Crippen LogP contribution in [-0.2, 0) is 26.1 Å². The Balaban J connectivity index is 1.55. The summed E-state index contributed by atoms with van der Waals surface area (Å²) in [6, 6.07) is 3.42. The number of sulfonamides is 1. The Bertz CT molecular complexity index is 628. The summed E-state index contributed by atoms with van der Waals surface area (Å²) in [5.74, 6) is 0.513. The minimum absolute atomic E-state index is 0.135. The summed E-state index contributed by atoms with van der Waals surface area (Å²) in [5.41, 5.74) is 0. The van der Waals surface area contributed by atoms with E-state index in [-0.39, 0.29) is 18.1 Å². The normalized spacial score (nSPS) is 29.2. The molecule has 0 radical (unpaired) electrons. The molecule has 2 fully saturated rings. The second kappa shape index (κ2) is 6.02. The SMILES string of the molecule is CS(=O)(=O)N1CC[C@H]2O[C@@H](C(=O)NCc3ccco3)CC[C@H]21. The number of fused-ring (bicyclic) bond motifs is 1. The van der Waals surface area contributed by atoms with Crippen molar-refractivity contribution >= 4 is 15.9 Å². The minimum Gasteiger partial charge on any atom is -0.467 e. The van der Waals surface area contributed by atoms with Gasteiger partial charge in [0.2, 0.25) is 15.9 Å². The minimum atomic E-state index is -3.21. The number of furan rings is 1. The van der Waals surface area contributed by atoms with Gasteiger partial charge in [-0.1, -0.05) is 0 Å². The van der Waals surface area contributed by atoms with E-state index in [1.165, 1.54) is 10.6 Å². The number of carbonyl (C=O) groups is 1. The Morgan fingerprint density at radius 1 is 1.41 bits per heavy atom. The zero-order chi connectivity index (χ0) is 15.7. The highest BCUT2D eigenvalue weighted by Crippen LogP contribution is 2.32. The molecule has 122 valence electrons. The maximum atomic E-state index is 12.2. The number of hydrogen-bond donors (Lipinski definition) is 1. The first-order valence-electron chi connectivity index (χ1n) is 7.37. The summed E-state index contributed by atoms with van der Waals surface area (Å²) >= 11 is 0. The predicted molar refractivity (Wildman–Crippen MR) is 78.4 cm³/mol. The van der Waals surface area contributed by atoms with Gasteiger partial charge in [0, 0.05) is 6.54 Å². The molecule has 0 aromatic carbocycles. The van der Waals surface area contributed by atoms with Crippen LogP contribution in [0.2, 0.25) is 0 Å². The fraction of sp³-hybridized carbons (Fsp3) is 0.643. The van der Waals surface area contributed by atoms with Gasteiger partial charge in [0.05, 0.1) is 31.2 Å². The van der Waals surface area contributed by atoms with E-state index in [0.29, 0.717) is 38.1 Å². The van der Waals surface area contributed by atoms with Crippen molar-refractivity contribution in [2.45, 2.75) is 44.1 Å². The van der Waals surface area contributed by atoms with Crippen molar-refractivity contribution in [2.75, 3.05) is 12.8 Å². The van der Waals surface area contributed by atoms with Crippen molar-refractivity contribution in [3.8, 4) is 0 Å². The summed E-state index contributed by atoms with van der Waals surface area (Å²) in [6.45, 7) is 0.796. The fourth-order valence-electron chi connectivity index (χ4n) is 3.19. The van der Waals surface area contributed by atoms with Crippen LogP contribution in [0.1, 0.15) is 25.0 Å². The summed E-state index contributed by atoms with van der Waals surface area (Å²) in [4.78, 5) is 12.2. The Morgan fingerprint density at radius 2 is 2.23 bits per heavy atom. The van der Waals surface area contributed by atoms with Crippen LogP contribution < -0.4 is 5.32 Å². The number of rotatable bonds is 4. The molecule has 3 atom stereocenters. The van der Waals surface area contributed by atoms with E-state index in [1.807, 2.05) is 0 Å². The van der Waals surface area contributed by atoms with Gasteiger partial charge < -0.3 is 14.5 Å². The van der Waals surface area contributed by atoms with Crippen molar-refractivity contribution in [1.29, 1.82) is 0 Å². The lowest BCUT2D eigenvalue weighted by Crippen LogP contribution is -2.48. The Kier molecular flexibility index (Phi) is 4.24. The molecule has 1 amide bonds. The van der Waals surface area contributed by atoms with E-state index in [4.69, 9.17) is 9.15 Å². The molecule has 0 bridgehead atoms. The standard InChI is InChI=1S/C14H20N2O5S/c1-22(18,19)16-7-6-12-11(16)4-5-13(21-12)14(17)15-9-10-3-2-8-20-10/h2-3,8,11-13H,4-7,9H2,1H3,(H,15,17)/t11-,12-,13-/m1/s1. The van der Waals surface area contributed by atoms with Gasteiger partial charge in [-0.2, -0.15) is 4.31 Å². The van der Waals surface area contributed by atoms with Gasteiger partial charge in [-0.25, -0.2) is 8.42 Å². The number of hydrogen-bond acceptors (Lipinski definition) is 5. The summed E-state index contributed by atoms with van der Waals surface area (Å²) in [7, 11) is -3.21. The van der Waals surface area contributed by atoms with Crippen LogP contribution >= 0.6 is 0 Å². The van der Waals surface area contributed by atoms with Crippen molar-refractivity contribution in [3.63, 3.8) is 0 Å². The fourth-order valence-corrected chi connectivity index (χ4v) is 4.36. The number of ether oxygens (including phenoxy) is 1. The average Bonchev–Trinajstić information content (AvgIpc) is 3.12. The van der Waals surface area contributed by atoms with E-state index in [2.05, 4.69) is 5.32 Å². The molecule has 22 heavy (non-hydrogen) atoms. The monoisotopic (exact) mass is 328 g/mol. The molecule has 0 unspecified atom stereocenters. The van der Waals surface area contributed by atoms with Crippen molar-refractivity contribution in [1.82, 2.24) is 9.62 Å². The highest BCUT2D eigenvalue weighted by atomic mass is 32.2. The first-order chi connectivity index (χ1) is 10.4. The molecule has 1 N–H and O–H groups in total. The van der Waals surface area contributed by atoms with Gasteiger partial charge in [0.1, 0.15) is 11.9 Å².